The van der Waals surface area contributed by atoms with Crippen molar-refractivity contribution >= 4 is 0 Å². The Labute approximate surface area is 84.8 Å². The predicted molar refractivity (Wildman–Crippen MR) is 57.3 cm³/mol. The van der Waals surface area contributed by atoms with Crippen LogP contribution in [0.2, 0.25) is 0 Å². The zero-order chi connectivity index (χ0) is 10.2. The van der Waals surface area contributed by atoms with Crippen molar-refractivity contribution in [2.45, 2.75) is 13.5 Å². The van der Waals surface area contributed by atoms with E-state index in [1.54, 1.807) is 13.3 Å². The van der Waals surface area contributed by atoms with Crippen LogP contribution in [0.15, 0.2) is 30.5 Å². The second kappa shape index (κ2) is 6.16. The maximum Gasteiger partial charge on any atom is 0.217 e. The minimum atomic E-state index is 0.695. The lowest BCUT2D eigenvalue weighted by atomic mass is 10.2. The van der Waals surface area contributed by atoms with E-state index in [-0.39, 0.29) is 0 Å². The lowest BCUT2D eigenvalue weighted by molar-refractivity contribution is 0.391. The molecule has 0 amide bonds. The fourth-order valence-electron chi connectivity index (χ4n) is 1.15. The fraction of sp³-hybridized carbons (Fsp3) is 0.364. The molecule has 3 heteroatoms. The summed E-state index contributed by atoms with van der Waals surface area (Å²) >= 11 is 0. The molecule has 0 radical (unpaired) electrons. The third kappa shape index (κ3) is 3.18. The number of nitrogens with one attached hydrogen (secondary N) is 1. The van der Waals surface area contributed by atoms with Gasteiger partial charge in [0.15, 0.2) is 0 Å². The normalized spacial score (nSPS) is 10.7. The number of methoxy groups -OCH3 is 1. The average Bonchev–Trinajstić information content (AvgIpc) is 2.25. The van der Waals surface area contributed by atoms with Gasteiger partial charge in [-0.25, -0.2) is 4.98 Å². The minimum absolute atomic E-state index is 0.695. The number of hydrogen-bond donors (Lipinski definition) is 1. The molecule has 0 aromatic carbocycles. The summed E-state index contributed by atoms with van der Waals surface area (Å²) in [6, 6.07) is 3.92. The summed E-state index contributed by atoms with van der Waals surface area (Å²) in [5.41, 5.74) is 1.08. The molecule has 0 bridgehead atoms. The number of nitrogens with zero attached hydrogens (tertiary/aromatic N) is 1. The molecule has 1 heterocycles. The molecular weight excluding hydrogens is 176 g/mol. The quantitative estimate of drug-likeness (QED) is 0.570. The largest absolute Gasteiger partial charge is 0.481 e. The third-order valence-corrected chi connectivity index (χ3v) is 1.86. The number of ether oxygens (including phenoxy) is 1. The maximum absolute atomic E-state index is 5.13. The van der Waals surface area contributed by atoms with Crippen molar-refractivity contribution in [1.82, 2.24) is 10.3 Å². The first-order chi connectivity index (χ1) is 6.88. The van der Waals surface area contributed by atoms with Crippen LogP contribution < -0.4 is 10.1 Å². The zero-order valence-electron chi connectivity index (χ0n) is 8.66. The van der Waals surface area contributed by atoms with Crippen LogP contribution in [0.5, 0.6) is 5.88 Å². The van der Waals surface area contributed by atoms with Crippen LogP contribution in [-0.4, -0.2) is 18.6 Å². The first-order valence-electron chi connectivity index (χ1n) is 4.68. The Morgan fingerprint density at radius 2 is 2.43 bits per heavy atom. The molecule has 1 rings (SSSR count). The lowest BCUT2D eigenvalue weighted by Crippen LogP contribution is -2.13. The van der Waals surface area contributed by atoms with Crippen LogP contribution in [0.1, 0.15) is 12.5 Å². The minimum Gasteiger partial charge on any atom is -0.481 e. The summed E-state index contributed by atoms with van der Waals surface area (Å²) in [6.45, 7) is 3.65. The highest BCUT2D eigenvalue weighted by Gasteiger charge is 2.00. The molecule has 0 saturated carbocycles. The van der Waals surface area contributed by atoms with E-state index in [2.05, 4.69) is 16.4 Å². The molecule has 0 atom stereocenters. The highest BCUT2D eigenvalue weighted by molar-refractivity contribution is 5.24. The topological polar surface area (TPSA) is 34.2 Å². The first-order valence-corrected chi connectivity index (χ1v) is 4.68. The molecule has 0 fully saturated rings. The van der Waals surface area contributed by atoms with Gasteiger partial charge < -0.3 is 10.1 Å². The molecule has 1 aromatic rings. The van der Waals surface area contributed by atoms with Crippen LogP contribution >= 0.6 is 0 Å². The fourth-order valence-corrected chi connectivity index (χ4v) is 1.15. The molecule has 0 aliphatic heterocycles. The average molecular weight is 192 g/mol. The van der Waals surface area contributed by atoms with E-state index in [1.807, 2.05) is 25.1 Å². The van der Waals surface area contributed by atoms with E-state index in [4.69, 9.17) is 4.74 Å². The predicted octanol–water partition coefficient (Wildman–Crippen LogP) is 1.76. The van der Waals surface area contributed by atoms with Gasteiger partial charge >= 0.3 is 0 Å². The molecular formula is C11H16N2O. The molecule has 76 valence electrons. The Morgan fingerprint density at radius 3 is 3.14 bits per heavy atom. The van der Waals surface area contributed by atoms with Gasteiger partial charge in [0.25, 0.3) is 0 Å². The van der Waals surface area contributed by atoms with Gasteiger partial charge in [0.1, 0.15) is 0 Å². The van der Waals surface area contributed by atoms with Crippen molar-refractivity contribution in [3.63, 3.8) is 0 Å². The highest BCUT2D eigenvalue weighted by atomic mass is 16.5. The van der Waals surface area contributed by atoms with Gasteiger partial charge in [0.05, 0.1) is 7.11 Å². The molecule has 14 heavy (non-hydrogen) atoms. The van der Waals surface area contributed by atoms with Crippen molar-refractivity contribution < 1.29 is 4.74 Å². The van der Waals surface area contributed by atoms with Gasteiger partial charge in [-0.05, 0) is 13.0 Å². The summed E-state index contributed by atoms with van der Waals surface area (Å²) in [6.07, 6.45) is 5.82. The number of aromatic nitrogens is 1. The standard InChI is InChI=1S/C11H16N2O/c1-3-4-7-12-9-10-6-5-8-13-11(10)14-2/h3-6,8,12H,7,9H2,1-2H3/b4-3+. The molecule has 1 aromatic heterocycles. The lowest BCUT2D eigenvalue weighted by Gasteiger charge is -2.06. The van der Waals surface area contributed by atoms with Crippen molar-refractivity contribution in [1.29, 1.82) is 0 Å². The van der Waals surface area contributed by atoms with Crippen LogP contribution in [0, 0.1) is 0 Å². The monoisotopic (exact) mass is 192 g/mol. The summed E-state index contributed by atoms with van der Waals surface area (Å²) < 4.78 is 5.13. The van der Waals surface area contributed by atoms with Crippen molar-refractivity contribution in [3.05, 3.63) is 36.0 Å². The van der Waals surface area contributed by atoms with Gasteiger partial charge in [-0.1, -0.05) is 18.2 Å². The zero-order valence-corrected chi connectivity index (χ0v) is 8.66. The number of allylic oxidation sites excluding steroid dienone is 1. The van der Waals surface area contributed by atoms with E-state index < -0.39 is 0 Å². The van der Waals surface area contributed by atoms with E-state index in [0.29, 0.717) is 5.88 Å². The summed E-state index contributed by atoms with van der Waals surface area (Å²) in [7, 11) is 1.64. The molecule has 0 saturated heterocycles. The molecule has 0 aliphatic carbocycles. The van der Waals surface area contributed by atoms with Gasteiger partial charge in [-0.3, -0.25) is 0 Å². The number of rotatable bonds is 5. The van der Waals surface area contributed by atoms with Crippen molar-refractivity contribution in [2.24, 2.45) is 0 Å². The molecule has 3 nitrogen and oxygen atoms in total. The summed E-state index contributed by atoms with van der Waals surface area (Å²) in [5, 5.41) is 3.27. The van der Waals surface area contributed by atoms with Crippen LogP contribution in [0.4, 0.5) is 0 Å². The Morgan fingerprint density at radius 1 is 1.57 bits per heavy atom. The van der Waals surface area contributed by atoms with E-state index in [0.717, 1.165) is 18.7 Å². The first kappa shape index (κ1) is 10.7. The van der Waals surface area contributed by atoms with Gasteiger partial charge in [0.2, 0.25) is 5.88 Å². The Kier molecular flexibility index (Phi) is 4.72. The van der Waals surface area contributed by atoms with Crippen LogP contribution in [0.25, 0.3) is 0 Å². The molecule has 0 aliphatic rings. The van der Waals surface area contributed by atoms with E-state index in [9.17, 15) is 0 Å². The highest BCUT2D eigenvalue weighted by Crippen LogP contribution is 2.12. The third-order valence-electron chi connectivity index (χ3n) is 1.86. The smallest absolute Gasteiger partial charge is 0.217 e. The molecule has 0 spiro atoms. The number of pyridine rings is 1. The van der Waals surface area contributed by atoms with Crippen molar-refractivity contribution in [2.75, 3.05) is 13.7 Å². The molecule has 0 unspecified atom stereocenters. The van der Waals surface area contributed by atoms with Crippen molar-refractivity contribution in [3.8, 4) is 5.88 Å². The van der Waals surface area contributed by atoms with E-state index >= 15 is 0 Å². The van der Waals surface area contributed by atoms with E-state index in [1.165, 1.54) is 0 Å². The maximum atomic E-state index is 5.13. The van der Waals surface area contributed by atoms with Crippen LogP contribution in [-0.2, 0) is 6.54 Å². The van der Waals surface area contributed by atoms with Crippen LogP contribution in [0.3, 0.4) is 0 Å². The summed E-state index contributed by atoms with van der Waals surface area (Å²) in [5.74, 6) is 0.695. The molecule has 1 N–H and O–H groups in total. The second-order valence-corrected chi connectivity index (χ2v) is 2.87. The number of hydrogen-bond acceptors (Lipinski definition) is 3. The second-order valence-electron chi connectivity index (χ2n) is 2.87. The Bertz CT molecular complexity index is 297. The Balaban J connectivity index is 2.49. The Hall–Kier alpha value is -1.35. The van der Waals surface area contributed by atoms with Gasteiger partial charge in [-0.2, -0.15) is 0 Å². The van der Waals surface area contributed by atoms with Gasteiger partial charge in [-0.15, -0.1) is 0 Å². The SMILES string of the molecule is C/C=C/CNCc1cccnc1OC. The van der Waals surface area contributed by atoms with Gasteiger partial charge in [0, 0.05) is 24.8 Å². The summed E-state index contributed by atoms with van der Waals surface area (Å²) in [4.78, 5) is 4.12.